The Hall–Kier alpha value is -2.28. The molecular weight excluding hydrogens is 296 g/mol. The van der Waals surface area contributed by atoms with E-state index in [1.807, 2.05) is 18.2 Å². The number of hydrogen-bond acceptors (Lipinski definition) is 5. The zero-order valence-corrected chi connectivity index (χ0v) is 11.9. The van der Waals surface area contributed by atoms with E-state index in [1.165, 1.54) is 0 Å². The molecule has 7 heteroatoms. The molecule has 1 aromatic carbocycles. The van der Waals surface area contributed by atoms with Gasteiger partial charge in [-0.25, -0.2) is 13.2 Å². The number of aromatic carboxylic acids is 1. The lowest BCUT2D eigenvalue weighted by molar-refractivity contribution is 0.0656. The first-order chi connectivity index (χ1) is 9.99. The van der Waals surface area contributed by atoms with E-state index in [4.69, 9.17) is 14.3 Å². The van der Waals surface area contributed by atoms with Crippen LogP contribution < -0.4 is 4.74 Å². The summed E-state index contributed by atoms with van der Waals surface area (Å²) in [7, 11) is -3.64. The summed E-state index contributed by atoms with van der Waals surface area (Å²) in [6, 6.07) is 11.3. The Morgan fingerprint density at radius 2 is 1.86 bits per heavy atom. The van der Waals surface area contributed by atoms with Gasteiger partial charge in [0.05, 0.1) is 12.4 Å². The number of ether oxygens (including phenoxy) is 1. The summed E-state index contributed by atoms with van der Waals surface area (Å²) >= 11 is 0. The van der Waals surface area contributed by atoms with Crippen LogP contribution in [0.3, 0.4) is 0 Å². The maximum Gasteiger partial charge on any atom is 0.371 e. The first-order valence-electron chi connectivity index (χ1n) is 6.23. The van der Waals surface area contributed by atoms with Crippen LogP contribution in [0.2, 0.25) is 0 Å². The predicted molar refractivity (Wildman–Crippen MR) is 74.3 cm³/mol. The van der Waals surface area contributed by atoms with Crippen molar-refractivity contribution in [3.8, 4) is 5.75 Å². The molecule has 21 heavy (non-hydrogen) atoms. The van der Waals surface area contributed by atoms with Gasteiger partial charge in [-0.3, -0.25) is 0 Å². The average molecular weight is 310 g/mol. The molecular formula is C14H14O6S. The third-order valence-electron chi connectivity index (χ3n) is 2.67. The molecule has 0 saturated heterocycles. The van der Waals surface area contributed by atoms with Crippen molar-refractivity contribution in [1.29, 1.82) is 0 Å². The van der Waals surface area contributed by atoms with Crippen LogP contribution in [-0.2, 0) is 9.84 Å². The van der Waals surface area contributed by atoms with Gasteiger partial charge >= 0.3 is 5.97 Å². The molecule has 0 atom stereocenters. The number of carboxylic acid groups (broad SMARTS) is 1. The molecule has 0 radical (unpaired) electrons. The number of rotatable bonds is 7. The fourth-order valence-corrected chi connectivity index (χ4v) is 2.85. The van der Waals surface area contributed by atoms with Crippen LogP contribution in [0.15, 0.2) is 52.0 Å². The van der Waals surface area contributed by atoms with Crippen molar-refractivity contribution in [2.75, 3.05) is 12.4 Å². The van der Waals surface area contributed by atoms with E-state index in [0.717, 1.165) is 12.1 Å². The molecule has 2 rings (SSSR count). The van der Waals surface area contributed by atoms with E-state index in [2.05, 4.69) is 0 Å². The van der Waals surface area contributed by atoms with Crippen LogP contribution in [0.25, 0.3) is 0 Å². The van der Waals surface area contributed by atoms with Crippen LogP contribution in [0.5, 0.6) is 5.75 Å². The first-order valence-corrected chi connectivity index (χ1v) is 7.88. The second-order valence-corrected chi connectivity index (χ2v) is 6.30. The van der Waals surface area contributed by atoms with Gasteiger partial charge in [-0.05, 0) is 30.7 Å². The van der Waals surface area contributed by atoms with Crippen molar-refractivity contribution in [1.82, 2.24) is 0 Å². The van der Waals surface area contributed by atoms with E-state index in [1.54, 1.807) is 12.1 Å². The number of furan rings is 1. The number of sulfone groups is 1. The molecule has 1 heterocycles. The van der Waals surface area contributed by atoms with Crippen molar-refractivity contribution in [3.05, 3.63) is 48.2 Å². The Kier molecular flexibility index (Phi) is 4.64. The highest BCUT2D eigenvalue weighted by Crippen LogP contribution is 2.16. The number of benzene rings is 1. The lowest BCUT2D eigenvalue weighted by Crippen LogP contribution is -2.10. The normalized spacial score (nSPS) is 11.2. The van der Waals surface area contributed by atoms with Gasteiger partial charge in [-0.1, -0.05) is 18.2 Å². The van der Waals surface area contributed by atoms with Crippen molar-refractivity contribution in [2.45, 2.75) is 11.5 Å². The van der Waals surface area contributed by atoms with Gasteiger partial charge in [0.25, 0.3) is 0 Å². The number of carbonyl (C=O) groups is 1. The summed E-state index contributed by atoms with van der Waals surface area (Å²) in [5, 5.41) is 8.36. The summed E-state index contributed by atoms with van der Waals surface area (Å²) in [6.07, 6.45) is 0.278. The van der Waals surface area contributed by atoms with Gasteiger partial charge in [0, 0.05) is 0 Å². The van der Waals surface area contributed by atoms with Gasteiger partial charge in [0.2, 0.25) is 20.7 Å². The summed E-state index contributed by atoms with van der Waals surface area (Å²) in [5.41, 5.74) is 0. The standard InChI is InChI=1S/C14H14O6S/c15-14(16)12-7-8-13(20-12)21(17,18)10-4-9-19-11-5-2-1-3-6-11/h1-3,5-8H,4,9-10H2,(H,15,16). The topological polar surface area (TPSA) is 93.8 Å². The third kappa shape index (κ3) is 4.09. The molecule has 0 bridgehead atoms. The fourth-order valence-electron chi connectivity index (χ4n) is 1.66. The molecule has 0 aliphatic carbocycles. The van der Waals surface area contributed by atoms with Crippen molar-refractivity contribution in [2.24, 2.45) is 0 Å². The van der Waals surface area contributed by atoms with Crippen LogP contribution in [-0.4, -0.2) is 31.9 Å². The quantitative estimate of drug-likeness (QED) is 0.788. The van der Waals surface area contributed by atoms with Gasteiger partial charge in [-0.15, -0.1) is 0 Å². The Balaban J connectivity index is 1.88. The highest BCUT2D eigenvalue weighted by Gasteiger charge is 2.20. The summed E-state index contributed by atoms with van der Waals surface area (Å²) < 4.78 is 34.1. The molecule has 2 aromatic rings. The third-order valence-corrected chi connectivity index (χ3v) is 4.33. The lowest BCUT2D eigenvalue weighted by atomic mass is 10.3. The minimum absolute atomic E-state index is 0.174. The van der Waals surface area contributed by atoms with Crippen LogP contribution in [0.1, 0.15) is 17.0 Å². The highest BCUT2D eigenvalue weighted by atomic mass is 32.2. The Morgan fingerprint density at radius 1 is 1.14 bits per heavy atom. The summed E-state index contributed by atoms with van der Waals surface area (Å²) in [4.78, 5) is 10.6. The molecule has 1 aromatic heterocycles. The van der Waals surface area contributed by atoms with Crippen molar-refractivity contribution < 1.29 is 27.5 Å². The maximum atomic E-state index is 11.9. The molecule has 0 aliphatic rings. The van der Waals surface area contributed by atoms with Crippen LogP contribution >= 0.6 is 0 Å². The SMILES string of the molecule is O=C(O)c1ccc(S(=O)(=O)CCCOc2ccccc2)o1. The van der Waals surface area contributed by atoms with Crippen LogP contribution in [0.4, 0.5) is 0 Å². The van der Waals surface area contributed by atoms with Crippen LogP contribution in [0, 0.1) is 0 Å². The fraction of sp³-hybridized carbons (Fsp3) is 0.214. The number of hydrogen-bond donors (Lipinski definition) is 1. The zero-order valence-electron chi connectivity index (χ0n) is 11.1. The Morgan fingerprint density at radius 3 is 2.48 bits per heavy atom. The second kappa shape index (κ2) is 6.45. The minimum Gasteiger partial charge on any atom is -0.494 e. The van der Waals surface area contributed by atoms with Gasteiger partial charge < -0.3 is 14.3 Å². The molecule has 0 amide bonds. The molecule has 0 aliphatic heterocycles. The first kappa shape index (κ1) is 15.1. The van der Waals surface area contributed by atoms with E-state index in [9.17, 15) is 13.2 Å². The van der Waals surface area contributed by atoms with Crippen molar-refractivity contribution >= 4 is 15.8 Å². The molecule has 0 spiro atoms. The predicted octanol–water partition coefficient (Wildman–Crippen LogP) is 2.22. The molecule has 112 valence electrons. The highest BCUT2D eigenvalue weighted by molar-refractivity contribution is 7.91. The summed E-state index contributed by atoms with van der Waals surface area (Å²) in [6.45, 7) is 0.246. The van der Waals surface area contributed by atoms with E-state index in [0.29, 0.717) is 5.75 Å². The van der Waals surface area contributed by atoms with E-state index >= 15 is 0 Å². The van der Waals surface area contributed by atoms with Gasteiger partial charge in [0.1, 0.15) is 5.75 Å². The van der Waals surface area contributed by atoms with Gasteiger partial charge in [-0.2, -0.15) is 0 Å². The average Bonchev–Trinajstić information content (AvgIpc) is 2.96. The molecule has 0 fully saturated rings. The lowest BCUT2D eigenvalue weighted by Gasteiger charge is -2.05. The zero-order chi connectivity index (χ0) is 15.3. The minimum atomic E-state index is -3.64. The van der Waals surface area contributed by atoms with Gasteiger partial charge in [0.15, 0.2) is 0 Å². The number of para-hydroxylation sites is 1. The Labute approximate surface area is 121 Å². The van der Waals surface area contributed by atoms with E-state index < -0.39 is 21.6 Å². The summed E-state index contributed by atoms with van der Waals surface area (Å²) in [5.74, 6) is -1.20. The smallest absolute Gasteiger partial charge is 0.371 e. The maximum absolute atomic E-state index is 11.9. The monoisotopic (exact) mass is 310 g/mol. The Bertz CT molecular complexity index is 702. The second-order valence-electron chi connectivity index (χ2n) is 4.26. The molecule has 6 nitrogen and oxygen atoms in total. The van der Waals surface area contributed by atoms with Crippen molar-refractivity contribution in [3.63, 3.8) is 0 Å². The molecule has 0 saturated carbocycles. The largest absolute Gasteiger partial charge is 0.494 e. The number of carboxylic acids is 1. The molecule has 0 unspecified atom stereocenters. The molecule has 1 N–H and O–H groups in total. The van der Waals surface area contributed by atoms with E-state index in [-0.39, 0.29) is 23.9 Å².